The highest BCUT2D eigenvalue weighted by molar-refractivity contribution is 5.94. The van der Waals surface area contributed by atoms with Crippen LogP contribution < -0.4 is 5.32 Å². The Morgan fingerprint density at radius 3 is 2.94 bits per heavy atom. The van der Waals surface area contributed by atoms with Gasteiger partial charge in [-0.25, -0.2) is 0 Å². The minimum Gasteiger partial charge on any atom is -0.396 e. The second kappa shape index (κ2) is 6.01. The second-order valence-corrected chi connectivity index (χ2v) is 5.08. The lowest BCUT2D eigenvalue weighted by atomic mass is 10.1. The second-order valence-electron chi connectivity index (χ2n) is 5.08. The van der Waals surface area contributed by atoms with Gasteiger partial charge in [0.15, 0.2) is 0 Å². The van der Waals surface area contributed by atoms with E-state index in [-0.39, 0.29) is 18.6 Å². The summed E-state index contributed by atoms with van der Waals surface area (Å²) < 4.78 is 0. The van der Waals surface area contributed by atoms with Gasteiger partial charge >= 0.3 is 0 Å². The first-order valence-corrected chi connectivity index (χ1v) is 6.74. The van der Waals surface area contributed by atoms with Crippen molar-refractivity contribution in [3.8, 4) is 0 Å². The molecule has 1 aliphatic carbocycles. The molecule has 18 heavy (non-hydrogen) atoms. The van der Waals surface area contributed by atoms with E-state index < -0.39 is 0 Å². The third-order valence-electron chi connectivity index (χ3n) is 3.53. The molecule has 98 valence electrons. The average molecular weight is 247 g/mol. The number of hydrogen-bond donors (Lipinski definition) is 2. The summed E-state index contributed by atoms with van der Waals surface area (Å²) in [6.07, 6.45) is 4.98. The minimum absolute atomic E-state index is 0.00450. The third-order valence-corrected chi connectivity index (χ3v) is 3.53. The quantitative estimate of drug-likeness (QED) is 0.836. The molecule has 3 nitrogen and oxygen atoms in total. The maximum atomic E-state index is 12.0. The van der Waals surface area contributed by atoms with E-state index in [1.54, 1.807) is 0 Å². The number of aliphatic hydroxyl groups excluding tert-OH is 1. The van der Waals surface area contributed by atoms with E-state index in [1.165, 1.54) is 17.5 Å². The fraction of sp³-hybridized carbons (Fsp3) is 0.533. The SMILES string of the molecule is CC(CCCO)NC(=O)c1ccc2c(c1)CCC2. The molecule has 3 heteroatoms. The van der Waals surface area contributed by atoms with Gasteiger partial charge in [0, 0.05) is 18.2 Å². The predicted molar refractivity (Wildman–Crippen MR) is 71.7 cm³/mol. The van der Waals surface area contributed by atoms with E-state index in [4.69, 9.17) is 5.11 Å². The van der Waals surface area contributed by atoms with Crippen LogP contribution in [0.15, 0.2) is 18.2 Å². The first-order chi connectivity index (χ1) is 8.70. The normalized spacial score (nSPS) is 15.2. The van der Waals surface area contributed by atoms with Crippen LogP contribution in [0.25, 0.3) is 0 Å². The van der Waals surface area contributed by atoms with E-state index in [9.17, 15) is 4.79 Å². The van der Waals surface area contributed by atoms with Gasteiger partial charge in [-0.05, 0) is 62.3 Å². The average Bonchev–Trinajstić information content (AvgIpc) is 2.83. The Labute approximate surface area is 108 Å². The molecule has 0 saturated heterocycles. The monoisotopic (exact) mass is 247 g/mol. The topological polar surface area (TPSA) is 49.3 Å². The summed E-state index contributed by atoms with van der Waals surface area (Å²) in [6.45, 7) is 2.15. The number of benzene rings is 1. The summed E-state index contributed by atoms with van der Waals surface area (Å²) in [5.41, 5.74) is 3.47. The number of carbonyl (C=O) groups is 1. The largest absolute Gasteiger partial charge is 0.396 e. The maximum absolute atomic E-state index is 12.0. The predicted octanol–water partition coefficient (Wildman–Crippen LogP) is 2.07. The number of nitrogens with one attached hydrogen (secondary N) is 1. The van der Waals surface area contributed by atoms with E-state index in [0.29, 0.717) is 0 Å². The highest BCUT2D eigenvalue weighted by Crippen LogP contribution is 2.22. The van der Waals surface area contributed by atoms with Gasteiger partial charge < -0.3 is 10.4 Å². The zero-order chi connectivity index (χ0) is 13.0. The smallest absolute Gasteiger partial charge is 0.251 e. The Hall–Kier alpha value is -1.35. The number of aliphatic hydroxyl groups is 1. The number of rotatable bonds is 5. The van der Waals surface area contributed by atoms with Crippen molar-refractivity contribution in [1.29, 1.82) is 0 Å². The molecule has 0 saturated carbocycles. The van der Waals surface area contributed by atoms with Crippen LogP contribution in [0.1, 0.15) is 47.7 Å². The summed E-state index contributed by atoms with van der Waals surface area (Å²) in [7, 11) is 0. The Kier molecular flexibility index (Phi) is 4.37. The minimum atomic E-state index is -0.00450. The summed E-state index contributed by atoms with van der Waals surface area (Å²) in [6, 6.07) is 6.13. The van der Waals surface area contributed by atoms with Crippen LogP contribution in [0.3, 0.4) is 0 Å². The van der Waals surface area contributed by atoms with Crippen molar-refractivity contribution >= 4 is 5.91 Å². The molecule has 1 aromatic carbocycles. The molecule has 1 aromatic rings. The molecule has 1 amide bonds. The van der Waals surface area contributed by atoms with Crippen molar-refractivity contribution in [2.45, 2.75) is 45.1 Å². The molecule has 2 rings (SSSR count). The number of hydrogen-bond acceptors (Lipinski definition) is 2. The summed E-state index contributed by atoms with van der Waals surface area (Å²) >= 11 is 0. The van der Waals surface area contributed by atoms with E-state index in [2.05, 4.69) is 11.4 Å². The molecule has 0 aromatic heterocycles. The molecule has 0 fully saturated rings. The van der Waals surface area contributed by atoms with Gasteiger partial charge in [0.2, 0.25) is 0 Å². The Morgan fingerprint density at radius 1 is 1.39 bits per heavy atom. The first kappa shape index (κ1) is 13.1. The van der Waals surface area contributed by atoms with Crippen molar-refractivity contribution in [2.75, 3.05) is 6.61 Å². The third kappa shape index (κ3) is 3.10. The molecule has 1 atom stereocenters. The molecule has 0 bridgehead atoms. The molecular weight excluding hydrogens is 226 g/mol. The van der Waals surface area contributed by atoms with E-state index in [0.717, 1.165) is 31.2 Å². The number of aryl methyl sites for hydroxylation is 2. The molecular formula is C15H21NO2. The lowest BCUT2D eigenvalue weighted by Crippen LogP contribution is -2.32. The highest BCUT2D eigenvalue weighted by atomic mass is 16.2. The van der Waals surface area contributed by atoms with E-state index in [1.807, 2.05) is 19.1 Å². The lowest BCUT2D eigenvalue weighted by Gasteiger charge is -2.13. The molecule has 1 unspecified atom stereocenters. The van der Waals surface area contributed by atoms with Gasteiger partial charge in [-0.1, -0.05) is 6.07 Å². The van der Waals surface area contributed by atoms with Crippen LogP contribution in [0, 0.1) is 0 Å². The Balaban J connectivity index is 1.96. The number of carbonyl (C=O) groups excluding carboxylic acids is 1. The van der Waals surface area contributed by atoms with Crippen molar-refractivity contribution in [1.82, 2.24) is 5.32 Å². The van der Waals surface area contributed by atoms with Crippen molar-refractivity contribution in [2.24, 2.45) is 0 Å². The standard InChI is InChI=1S/C15H21NO2/c1-11(4-3-9-17)16-15(18)14-8-7-12-5-2-6-13(12)10-14/h7-8,10-11,17H,2-6,9H2,1H3,(H,16,18). The zero-order valence-electron chi connectivity index (χ0n) is 10.9. The fourth-order valence-corrected chi connectivity index (χ4v) is 2.49. The molecule has 1 aliphatic rings. The first-order valence-electron chi connectivity index (χ1n) is 6.74. The lowest BCUT2D eigenvalue weighted by molar-refractivity contribution is 0.0936. The van der Waals surface area contributed by atoms with E-state index >= 15 is 0 Å². The van der Waals surface area contributed by atoms with Gasteiger partial charge in [-0.2, -0.15) is 0 Å². The zero-order valence-corrected chi connectivity index (χ0v) is 10.9. The van der Waals surface area contributed by atoms with Gasteiger partial charge in [0.05, 0.1) is 0 Å². The molecule has 2 N–H and O–H groups in total. The van der Waals surface area contributed by atoms with Crippen LogP contribution >= 0.6 is 0 Å². The highest BCUT2D eigenvalue weighted by Gasteiger charge is 2.14. The molecule has 0 heterocycles. The van der Waals surface area contributed by atoms with Crippen LogP contribution in [0.5, 0.6) is 0 Å². The number of amides is 1. The Bertz CT molecular complexity index is 429. The van der Waals surface area contributed by atoms with Gasteiger partial charge in [0.1, 0.15) is 0 Å². The van der Waals surface area contributed by atoms with Gasteiger partial charge in [-0.3, -0.25) is 4.79 Å². The summed E-state index contributed by atoms with van der Waals surface area (Å²) in [5.74, 6) is -0.00450. The molecule has 0 aliphatic heterocycles. The molecule has 0 radical (unpaired) electrons. The number of fused-ring (bicyclic) bond motifs is 1. The van der Waals surface area contributed by atoms with Crippen LogP contribution in [-0.2, 0) is 12.8 Å². The Morgan fingerprint density at radius 2 is 2.17 bits per heavy atom. The molecule has 0 spiro atoms. The van der Waals surface area contributed by atoms with Crippen molar-refractivity contribution in [3.05, 3.63) is 34.9 Å². The van der Waals surface area contributed by atoms with Crippen LogP contribution in [-0.4, -0.2) is 23.7 Å². The van der Waals surface area contributed by atoms with Gasteiger partial charge in [0.25, 0.3) is 5.91 Å². The summed E-state index contributed by atoms with van der Waals surface area (Å²) in [5, 5.41) is 11.7. The van der Waals surface area contributed by atoms with Crippen LogP contribution in [0.4, 0.5) is 0 Å². The van der Waals surface area contributed by atoms with Crippen molar-refractivity contribution in [3.63, 3.8) is 0 Å². The maximum Gasteiger partial charge on any atom is 0.251 e. The van der Waals surface area contributed by atoms with Crippen molar-refractivity contribution < 1.29 is 9.90 Å². The van der Waals surface area contributed by atoms with Gasteiger partial charge in [-0.15, -0.1) is 0 Å². The fourth-order valence-electron chi connectivity index (χ4n) is 2.49. The van der Waals surface area contributed by atoms with Crippen LogP contribution in [0.2, 0.25) is 0 Å². The summed E-state index contributed by atoms with van der Waals surface area (Å²) in [4.78, 5) is 12.0.